The maximum atomic E-state index is 5.86. The highest BCUT2D eigenvalue weighted by Gasteiger charge is 2.04. The first-order chi connectivity index (χ1) is 8.15. The molecule has 88 valence electrons. The van der Waals surface area contributed by atoms with E-state index in [4.69, 9.17) is 11.6 Å². The molecule has 2 heteroatoms. The van der Waals surface area contributed by atoms with Gasteiger partial charge < -0.3 is 5.32 Å². The van der Waals surface area contributed by atoms with Gasteiger partial charge in [0, 0.05) is 16.8 Å². The standard InChI is InChI=1S/C15H16ClN/c1-11-4-3-5-13(10-11)12(2)17-15-8-6-14(16)7-9-15/h3-10,12,17H,1-2H3. The number of anilines is 1. The van der Waals surface area contributed by atoms with Gasteiger partial charge >= 0.3 is 0 Å². The number of rotatable bonds is 3. The zero-order chi connectivity index (χ0) is 12.3. The molecule has 1 nitrogen and oxygen atoms in total. The summed E-state index contributed by atoms with van der Waals surface area (Å²) in [5.41, 5.74) is 3.66. The fourth-order valence-corrected chi connectivity index (χ4v) is 1.94. The van der Waals surface area contributed by atoms with E-state index in [0.717, 1.165) is 10.7 Å². The molecule has 0 spiro atoms. The Morgan fingerprint density at radius 1 is 1.06 bits per heavy atom. The van der Waals surface area contributed by atoms with Gasteiger partial charge in [-0.05, 0) is 43.7 Å². The molecule has 17 heavy (non-hydrogen) atoms. The maximum Gasteiger partial charge on any atom is 0.0485 e. The Labute approximate surface area is 107 Å². The Balaban J connectivity index is 2.11. The first-order valence-corrected chi connectivity index (χ1v) is 6.11. The van der Waals surface area contributed by atoms with Crippen LogP contribution in [0.5, 0.6) is 0 Å². The highest BCUT2D eigenvalue weighted by Crippen LogP contribution is 2.21. The number of hydrogen-bond donors (Lipinski definition) is 1. The van der Waals surface area contributed by atoms with Gasteiger partial charge in [0.25, 0.3) is 0 Å². The molecule has 2 rings (SSSR count). The Bertz CT molecular complexity index is 491. The lowest BCUT2D eigenvalue weighted by atomic mass is 10.1. The predicted octanol–water partition coefficient (Wildman–Crippen LogP) is 4.82. The van der Waals surface area contributed by atoms with Crippen LogP contribution in [-0.2, 0) is 0 Å². The van der Waals surface area contributed by atoms with Gasteiger partial charge in [-0.15, -0.1) is 0 Å². The highest BCUT2D eigenvalue weighted by atomic mass is 35.5. The summed E-state index contributed by atoms with van der Waals surface area (Å²) in [6, 6.07) is 16.6. The second-order valence-corrected chi connectivity index (χ2v) is 4.72. The van der Waals surface area contributed by atoms with Crippen LogP contribution in [0.1, 0.15) is 24.1 Å². The van der Waals surface area contributed by atoms with Gasteiger partial charge in [0.1, 0.15) is 0 Å². The van der Waals surface area contributed by atoms with Crippen LogP contribution in [0.15, 0.2) is 48.5 Å². The minimum atomic E-state index is 0.288. The Hall–Kier alpha value is -1.47. The van der Waals surface area contributed by atoms with Crippen LogP contribution in [0, 0.1) is 6.92 Å². The van der Waals surface area contributed by atoms with E-state index in [-0.39, 0.29) is 6.04 Å². The zero-order valence-electron chi connectivity index (χ0n) is 10.1. The summed E-state index contributed by atoms with van der Waals surface area (Å²) in [5, 5.41) is 4.22. The summed E-state index contributed by atoms with van der Waals surface area (Å²) in [6.45, 7) is 4.27. The van der Waals surface area contributed by atoms with E-state index in [1.807, 2.05) is 24.3 Å². The summed E-state index contributed by atoms with van der Waals surface area (Å²) >= 11 is 5.86. The topological polar surface area (TPSA) is 12.0 Å². The first-order valence-electron chi connectivity index (χ1n) is 5.74. The first kappa shape index (κ1) is 12.0. The van der Waals surface area contributed by atoms with Crippen molar-refractivity contribution in [1.82, 2.24) is 0 Å². The van der Waals surface area contributed by atoms with Crippen LogP contribution >= 0.6 is 11.6 Å². The molecule has 0 heterocycles. The number of hydrogen-bond acceptors (Lipinski definition) is 1. The summed E-state index contributed by atoms with van der Waals surface area (Å²) < 4.78 is 0. The van der Waals surface area contributed by atoms with Crippen LogP contribution in [-0.4, -0.2) is 0 Å². The molecule has 1 unspecified atom stereocenters. The lowest BCUT2D eigenvalue weighted by Crippen LogP contribution is -2.06. The molecule has 0 fully saturated rings. The van der Waals surface area contributed by atoms with Crippen LogP contribution < -0.4 is 5.32 Å². The lowest BCUT2D eigenvalue weighted by Gasteiger charge is -2.16. The Morgan fingerprint density at radius 3 is 2.41 bits per heavy atom. The van der Waals surface area contributed by atoms with E-state index in [2.05, 4.69) is 43.4 Å². The number of nitrogens with one attached hydrogen (secondary N) is 1. The average Bonchev–Trinajstić information content (AvgIpc) is 2.32. The molecule has 2 aromatic carbocycles. The molecular weight excluding hydrogens is 230 g/mol. The van der Waals surface area contributed by atoms with Crippen LogP contribution in [0.4, 0.5) is 5.69 Å². The summed E-state index contributed by atoms with van der Waals surface area (Å²) in [7, 11) is 0. The number of halogens is 1. The molecule has 2 aromatic rings. The number of aryl methyl sites for hydroxylation is 1. The van der Waals surface area contributed by atoms with E-state index in [1.165, 1.54) is 11.1 Å². The largest absolute Gasteiger partial charge is 0.379 e. The molecule has 0 bridgehead atoms. The minimum Gasteiger partial charge on any atom is -0.379 e. The smallest absolute Gasteiger partial charge is 0.0485 e. The third-order valence-corrected chi connectivity index (χ3v) is 3.02. The van der Waals surface area contributed by atoms with Crippen LogP contribution in [0.25, 0.3) is 0 Å². The fraction of sp³-hybridized carbons (Fsp3) is 0.200. The van der Waals surface area contributed by atoms with Gasteiger partial charge in [-0.1, -0.05) is 41.4 Å². The van der Waals surface area contributed by atoms with Crippen molar-refractivity contribution in [1.29, 1.82) is 0 Å². The number of benzene rings is 2. The van der Waals surface area contributed by atoms with Crippen LogP contribution in [0.3, 0.4) is 0 Å². The van der Waals surface area contributed by atoms with Crippen molar-refractivity contribution in [3.05, 3.63) is 64.7 Å². The van der Waals surface area contributed by atoms with E-state index in [9.17, 15) is 0 Å². The third-order valence-electron chi connectivity index (χ3n) is 2.77. The average molecular weight is 246 g/mol. The maximum absolute atomic E-state index is 5.86. The minimum absolute atomic E-state index is 0.288. The monoisotopic (exact) mass is 245 g/mol. The molecule has 0 aromatic heterocycles. The van der Waals surface area contributed by atoms with Crippen molar-refractivity contribution in [3.63, 3.8) is 0 Å². The van der Waals surface area contributed by atoms with E-state index in [1.54, 1.807) is 0 Å². The second-order valence-electron chi connectivity index (χ2n) is 4.29. The molecule has 1 atom stereocenters. The molecule has 0 aliphatic carbocycles. The van der Waals surface area contributed by atoms with E-state index >= 15 is 0 Å². The van der Waals surface area contributed by atoms with Crippen molar-refractivity contribution in [2.45, 2.75) is 19.9 Å². The van der Waals surface area contributed by atoms with Crippen molar-refractivity contribution in [2.75, 3.05) is 5.32 Å². The van der Waals surface area contributed by atoms with Gasteiger partial charge in [0.2, 0.25) is 0 Å². The van der Waals surface area contributed by atoms with Gasteiger partial charge in [0.15, 0.2) is 0 Å². The SMILES string of the molecule is Cc1cccc(C(C)Nc2ccc(Cl)cc2)c1. The zero-order valence-corrected chi connectivity index (χ0v) is 10.8. The van der Waals surface area contributed by atoms with Crippen molar-refractivity contribution >= 4 is 17.3 Å². The van der Waals surface area contributed by atoms with Crippen molar-refractivity contribution in [2.24, 2.45) is 0 Å². The van der Waals surface area contributed by atoms with Crippen molar-refractivity contribution < 1.29 is 0 Å². The lowest BCUT2D eigenvalue weighted by molar-refractivity contribution is 0.883. The van der Waals surface area contributed by atoms with E-state index < -0.39 is 0 Å². The van der Waals surface area contributed by atoms with Gasteiger partial charge in [-0.2, -0.15) is 0 Å². The highest BCUT2D eigenvalue weighted by molar-refractivity contribution is 6.30. The molecule has 1 N–H and O–H groups in total. The third kappa shape index (κ3) is 3.24. The Kier molecular flexibility index (Phi) is 3.70. The van der Waals surface area contributed by atoms with Crippen molar-refractivity contribution in [3.8, 4) is 0 Å². The summed E-state index contributed by atoms with van der Waals surface area (Å²) in [6.07, 6.45) is 0. The molecule has 0 saturated carbocycles. The molecule has 0 radical (unpaired) electrons. The summed E-state index contributed by atoms with van der Waals surface area (Å²) in [5.74, 6) is 0. The Morgan fingerprint density at radius 2 is 1.76 bits per heavy atom. The molecule has 0 saturated heterocycles. The molecule has 0 aliphatic rings. The van der Waals surface area contributed by atoms with Crippen LogP contribution in [0.2, 0.25) is 5.02 Å². The van der Waals surface area contributed by atoms with E-state index in [0.29, 0.717) is 0 Å². The molecule has 0 aliphatic heterocycles. The molecular formula is C15H16ClN. The summed E-state index contributed by atoms with van der Waals surface area (Å²) in [4.78, 5) is 0. The quantitative estimate of drug-likeness (QED) is 0.817. The predicted molar refractivity (Wildman–Crippen MR) is 74.7 cm³/mol. The second kappa shape index (κ2) is 5.24. The normalized spacial score (nSPS) is 12.2. The van der Waals surface area contributed by atoms with Gasteiger partial charge in [0.05, 0.1) is 0 Å². The molecule has 0 amide bonds. The van der Waals surface area contributed by atoms with Gasteiger partial charge in [-0.3, -0.25) is 0 Å². The van der Waals surface area contributed by atoms with Gasteiger partial charge in [-0.25, -0.2) is 0 Å². The fourth-order valence-electron chi connectivity index (χ4n) is 1.82.